The Labute approximate surface area is 267 Å². The second kappa shape index (κ2) is 30.3. The molecular formula is C31H65O9P3. The quantitative estimate of drug-likeness (QED) is 0.0609. The summed E-state index contributed by atoms with van der Waals surface area (Å²) in [5.74, 6) is 0. The highest BCUT2D eigenvalue weighted by Gasteiger charge is 2.43. The van der Waals surface area contributed by atoms with Gasteiger partial charge < -0.3 is 41.8 Å². The molecule has 2 rings (SSSR count). The highest BCUT2D eigenvalue weighted by atomic mass is 31.2. The minimum absolute atomic E-state index is 0.225. The molecule has 9 nitrogen and oxygen atoms in total. The third-order valence-electron chi connectivity index (χ3n) is 7.79. The van der Waals surface area contributed by atoms with Crippen molar-refractivity contribution < 1.29 is 41.8 Å². The molecule has 0 bridgehead atoms. The third-order valence-corrected chi connectivity index (χ3v) is 9.94. The van der Waals surface area contributed by atoms with Crippen molar-refractivity contribution in [3.05, 3.63) is 0 Å². The lowest BCUT2D eigenvalue weighted by Gasteiger charge is -2.41. The van der Waals surface area contributed by atoms with Crippen molar-refractivity contribution in [1.82, 2.24) is 0 Å². The fraction of sp³-hybridized carbons (Fsp3) is 1.00. The van der Waals surface area contributed by atoms with Gasteiger partial charge in [-0.25, -0.2) is 0 Å². The van der Waals surface area contributed by atoms with Crippen LogP contribution in [0.1, 0.15) is 155 Å². The molecule has 0 saturated carbocycles. The Kier molecular flexibility index (Phi) is 29.5. The maximum Gasteiger partial charge on any atom is 0.332 e. The molecule has 43 heavy (non-hydrogen) atoms. The first-order valence-corrected chi connectivity index (χ1v) is 20.6. The second-order valence-electron chi connectivity index (χ2n) is 12.0. The summed E-state index contributed by atoms with van der Waals surface area (Å²) in [5.41, 5.74) is -0.225. The molecule has 0 atom stereocenters. The molecule has 0 aromatic rings. The lowest BCUT2D eigenvalue weighted by Crippen LogP contribution is -2.44. The van der Waals surface area contributed by atoms with Crippen LogP contribution >= 0.6 is 25.8 Å². The van der Waals surface area contributed by atoms with Gasteiger partial charge >= 0.3 is 25.8 Å². The molecule has 2 aliphatic rings. The molecule has 2 heterocycles. The Morgan fingerprint density at radius 3 is 0.953 bits per heavy atom. The largest absolute Gasteiger partial charge is 0.332 e. The number of hydrogen-bond donors (Lipinski definition) is 3. The molecule has 0 aliphatic carbocycles. The van der Waals surface area contributed by atoms with Crippen molar-refractivity contribution in [3.63, 3.8) is 0 Å². The standard InChI is InChI=1S/C31H62O6P2.H3O3P/c1-3-5-7-9-11-13-15-17-19-21-23-25-32-38-34-27-31(28-35-38)29-36-39(37-30-31)33-26-24-22-20-18-16-14-12-10-8-6-4-2;1-4(2)3/h3-30H2,1-2H3;1-3H. The van der Waals surface area contributed by atoms with E-state index in [4.69, 9.17) is 41.8 Å². The van der Waals surface area contributed by atoms with E-state index < -0.39 is 25.8 Å². The van der Waals surface area contributed by atoms with Gasteiger partial charge in [0.15, 0.2) is 0 Å². The van der Waals surface area contributed by atoms with Crippen LogP contribution in [0.25, 0.3) is 0 Å². The summed E-state index contributed by atoms with van der Waals surface area (Å²) in [5, 5.41) is 0. The van der Waals surface area contributed by atoms with Crippen molar-refractivity contribution in [2.75, 3.05) is 39.6 Å². The van der Waals surface area contributed by atoms with Crippen LogP contribution in [0.3, 0.4) is 0 Å². The van der Waals surface area contributed by atoms with E-state index in [2.05, 4.69) is 13.8 Å². The van der Waals surface area contributed by atoms with E-state index in [1.807, 2.05) is 0 Å². The number of unbranched alkanes of at least 4 members (excludes halogenated alkanes) is 20. The van der Waals surface area contributed by atoms with E-state index in [1.54, 1.807) is 0 Å². The minimum atomic E-state index is -2.62. The Bertz CT molecular complexity index is 524. The first-order chi connectivity index (χ1) is 21.0. The molecule has 0 aromatic carbocycles. The van der Waals surface area contributed by atoms with E-state index in [-0.39, 0.29) is 5.41 Å². The summed E-state index contributed by atoms with van der Waals surface area (Å²) in [4.78, 5) is 21.7. The molecule has 2 aliphatic heterocycles. The smallest absolute Gasteiger partial charge is 0.328 e. The van der Waals surface area contributed by atoms with Gasteiger partial charge in [0.05, 0.1) is 45.1 Å². The predicted octanol–water partition coefficient (Wildman–Crippen LogP) is 10.4. The maximum absolute atomic E-state index is 7.23. The summed E-state index contributed by atoms with van der Waals surface area (Å²) < 4.78 is 35.4. The van der Waals surface area contributed by atoms with Crippen LogP contribution in [0.15, 0.2) is 0 Å². The lowest BCUT2D eigenvalue weighted by atomic mass is 9.93. The normalized spacial score (nSPS) is 22.2. The van der Waals surface area contributed by atoms with Gasteiger partial charge in [-0.3, -0.25) is 0 Å². The van der Waals surface area contributed by atoms with Crippen LogP contribution in [0.2, 0.25) is 0 Å². The van der Waals surface area contributed by atoms with Gasteiger partial charge in [-0.2, -0.15) is 0 Å². The van der Waals surface area contributed by atoms with Gasteiger partial charge in [0.1, 0.15) is 0 Å². The molecule has 1 spiro atoms. The number of rotatable bonds is 26. The summed E-state index contributed by atoms with van der Waals surface area (Å²) in [6.45, 7) is 8.27. The summed E-state index contributed by atoms with van der Waals surface area (Å²) >= 11 is 0. The van der Waals surface area contributed by atoms with Gasteiger partial charge in [0.25, 0.3) is 0 Å². The monoisotopic (exact) mass is 674 g/mol. The number of hydrogen-bond acceptors (Lipinski definition) is 9. The fourth-order valence-corrected chi connectivity index (χ4v) is 7.56. The van der Waals surface area contributed by atoms with Gasteiger partial charge in [-0.1, -0.05) is 142 Å². The highest BCUT2D eigenvalue weighted by molar-refractivity contribution is 7.42. The van der Waals surface area contributed by atoms with Gasteiger partial charge in [0, 0.05) is 0 Å². The molecule has 0 radical (unpaired) electrons. The van der Waals surface area contributed by atoms with E-state index in [0.717, 1.165) is 26.1 Å². The average molecular weight is 675 g/mol. The van der Waals surface area contributed by atoms with Gasteiger partial charge in [-0.15, -0.1) is 0 Å². The minimum Gasteiger partial charge on any atom is -0.328 e. The fourth-order valence-electron chi connectivity index (χ4n) is 5.04. The highest BCUT2D eigenvalue weighted by Crippen LogP contribution is 2.53. The Morgan fingerprint density at radius 2 is 0.698 bits per heavy atom. The molecule has 0 unspecified atom stereocenters. The van der Waals surface area contributed by atoms with Crippen LogP contribution in [0.5, 0.6) is 0 Å². The zero-order valence-corrected chi connectivity index (χ0v) is 30.1. The second-order valence-corrected chi connectivity index (χ2v) is 15.0. The van der Waals surface area contributed by atoms with E-state index in [0.29, 0.717) is 26.4 Å². The van der Waals surface area contributed by atoms with Crippen LogP contribution in [-0.4, -0.2) is 54.3 Å². The molecule has 3 N–H and O–H groups in total. The summed E-state index contributed by atoms with van der Waals surface area (Å²) in [6.07, 6.45) is 29.4. The van der Waals surface area contributed by atoms with Crippen molar-refractivity contribution >= 4 is 25.8 Å². The van der Waals surface area contributed by atoms with E-state index >= 15 is 0 Å². The molecule has 12 heteroatoms. The summed E-state index contributed by atoms with van der Waals surface area (Å²) in [7, 11) is -5.08. The van der Waals surface area contributed by atoms with E-state index in [9.17, 15) is 0 Å². The third kappa shape index (κ3) is 25.7. The summed E-state index contributed by atoms with van der Waals surface area (Å²) in [6, 6.07) is 0. The molecule has 2 saturated heterocycles. The predicted molar refractivity (Wildman–Crippen MR) is 178 cm³/mol. The Balaban J connectivity index is 0.00000217. The molecule has 0 amide bonds. The Hall–Kier alpha value is 0.930. The zero-order valence-electron chi connectivity index (χ0n) is 27.4. The van der Waals surface area contributed by atoms with E-state index in [1.165, 1.54) is 128 Å². The topological polar surface area (TPSA) is 116 Å². The van der Waals surface area contributed by atoms with Crippen molar-refractivity contribution in [3.8, 4) is 0 Å². The SMILES string of the molecule is CCCCCCCCCCCCCOP1OCC2(CO1)COP(OCCCCCCCCCCCCC)OC2.OP(O)O. The maximum atomic E-state index is 7.23. The Morgan fingerprint density at radius 1 is 0.465 bits per heavy atom. The average Bonchev–Trinajstić information content (AvgIpc) is 3.00. The van der Waals surface area contributed by atoms with Crippen molar-refractivity contribution in [1.29, 1.82) is 0 Å². The van der Waals surface area contributed by atoms with Crippen molar-refractivity contribution in [2.45, 2.75) is 155 Å². The first kappa shape index (κ1) is 42.0. The molecular weight excluding hydrogens is 609 g/mol. The first-order valence-electron chi connectivity index (χ1n) is 17.3. The molecule has 258 valence electrons. The van der Waals surface area contributed by atoms with Crippen molar-refractivity contribution in [2.24, 2.45) is 5.41 Å². The lowest BCUT2D eigenvalue weighted by molar-refractivity contribution is -0.0761. The van der Waals surface area contributed by atoms with Crippen LogP contribution in [-0.2, 0) is 27.1 Å². The van der Waals surface area contributed by atoms with Gasteiger partial charge in [-0.05, 0) is 12.8 Å². The van der Waals surface area contributed by atoms with Crippen LogP contribution in [0, 0.1) is 5.41 Å². The van der Waals surface area contributed by atoms with Crippen LogP contribution < -0.4 is 0 Å². The van der Waals surface area contributed by atoms with Crippen LogP contribution in [0.4, 0.5) is 0 Å². The van der Waals surface area contributed by atoms with Gasteiger partial charge in [0.2, 0.25) is 0 Å². The zero-order chi connectivity index (χ0) is 31.3. The molecule has 0 aromatic heterocycles. The molecule has 2 fully saturated rings.